The lowest BCUT2D eigenvalue weighted by Crippen LogP contribution is -2.19. The Kier molecular flexibility index (Phi) is 5.37. The highest BCUT2D eigenvalue weighted by Gasteiger charge is 2.27. The van der Waals surface area contributed by atoms with Gasteiger partial charge in [0.15, 0.2) is 0 Å². The lowest BCUT2D eigenvalue weighted by molar-refractivity contribution is -0.174. The van der Waals surface area contributed by atoms with E-state index in [-0.39, 0.29) is 18.9 Å². The molecule has 0 aliphatic heterocycles. The summed E-state index contributed by atoms with van der Waals surface area (Å²) >= 11 is 0. The van der Waals surface area contributed by atoms with Crippen LogP contribution in [0.4, 0.5) is 13.2 Å². The van der Waals surface area contributed by atoms with Crippen LogP contribution in [0, 0.1) is 6.92 Å². The summed E-state index contributed by atoms with van der Waals surface area (Å²) in [5.41, 5.74) is 7.16. The SMILES string of the molecule is CCc1noc(C)c1-c1noc(C(N)CCOCC(F)(F)F)n1. The molecule has 1 unspecified atom stereocenters. The Bertz CT molecular complexity index is 639. The molecule has 2 heterocycles. The Morgan fingerprint density at radius 2 is 2.00 bits per heavy atom. The van der Waals surface area contributed by atoms with Crippen LogP contribution in [0.5, 0.6) is 0 Å². The van der Waals surface area contributed by atoms with Crippen LogP contribution in [0.2, 0.25) is 0 Å². The van der Waals surface area contributed by atoms with Crippen LogP contribution in [0.3, 0.4) is 0 Å². The molecule has 128 valence electrons. The molecule has 0 saturated heterocycles. The number of nitrogens with two attached hydrogens (primary N) is 1. The first kappa shape index (κ1) is 17.4. The minimum atomic E-state index is -4.36. The molecule has 7 nitrogen and oxygen atoms in total. The topological polar surface area (TPSA) is 100 Å². The van der Waals surface area contributed by atoms with E-state index in [0.29, 0.717) is 29.3 Å². The fourth-order valence-electron chi connectivity index (χ4n) is 1.95. The molecular weight excluding hydrogens is 317 g/mol. The van der Waals surface area contributed by atoms with Gasteiger partial charge >= 0.3 is 6.18 Å². The maximum atomic E-state index is 12.0. The predicted molar refractivity (Wildman–Crippen MR) is 72.3 cm³/mol. The molecule has 0 bridgehead atoms. The number of alkyl halides is 3. The summed E-state index contributed by atoms with van der Waals surface area (Å²) in [6, 6.07) is -0.713. The zero-order chi connectivity index (χ0) is 17.0. The molecular formula is C13H17F3N4O3. The fourth-order valence-corrected chi connectivity index (χ4v) is 1.95. The molecule has 2 N–H and O–H groups in total. The third-order valence-corrected chi connectivity index (χ3v) is 3.09. The second-order valence-corrected chi connectivity index (χ2v) is 4.93. The van der Waals surface area contributed by atoms with E-state index in [1.165, 1.54) is 0 Å². The number of halogens is 3. The van der Waals surface area contributed by atoms with Crippen molar-refractivity contribution in [3.05, 3.63) is 17.3 Å². The van der Waals surface area contributed by atoms with Gasteiger partial charge in [-0.1, -0.05) is 17.2 Å². The van der Waals surface area contributed by atoms with Crippen LogP contribution in [0.25, 0.3) is 11.4 Å². The van der Waals surface area contributed by atoms with Crippen molar-refractivity contribution in [1.29, 1.82) is 0 Å². The van der Waals surface area contributed by atoms with Gasteiger partial charge in [-0.05, 0) is 19.8 Å². The van der Waals surface area contributed by atoms with Crippen molar-refractivity contribution in [2.24, 2.45) is 5.73 Å². The molecule has 0 radical (unpaired) electrons. The molecule has 0 aromatic carbocycles. The predicted octanol–water partition coefficient (Wildman–Crippen LogP) is 2.56. The summed E-state index contributed by atoms with van der Waals surface area (Å²) < 4.78 is 50.5. The monoisotopic (exact) mass is 334 g/mol. The van der Waals surface area contributed by atoms with Crippen molar-refractivity contribution >= 4 is 0 Å². The molecule has 2 aromatic rings. The highest BCUT2D eigenvalue weighted by atomic mass is 19.4. The molecule has 0 fully saturated rings. The number of rotatable bonds is 7. The summed E-state index contributed by atoms with van der Waals surface area (Å²) in [7, 11) is 0. The smallest absolute Gasteiger partial charge is 0.372 e. The van der Waals surface area contributed by atoms with Crippen LogP contribution in [0.1, 0.15) is 36.7 Å². The first-order valence-electron chi connectivity index (χ1n) is 7.01. The fraction of sp³-hybridized carbons (Fsp3) is 0.615. The van der Waals surface area contributed by atoms with Gasteiger partial charge in [-0.3, -0.25) is 0 Å². The first-order chi connectivity index (χ1) is 10.8. The van der Waals surface area contributed by atoms with E-state index in [2.05, 4.69) is 20.0 Å². The lowest BCUT2D eigenvalue weighted by atomic mass is 10.1. The number of hydrogen-bond acceptors (Lipinski definition) is 7. The molecule has 0 amide bonds. The second kappa shape index (κ2) is 7.09. The van der Waals surface area contributed by atoms with Gasteiger partial charge in [0.05, 0.1) is 17.3 Å². The van der Waals surface area contributed by atoms with Crippen molar-refractivity contribution in [2.45, 2.75) is 38.9 Å². The molecule has 0 aliphatic rings. The van der Waals surface area contributed by atoms with Gasteiger partial charge in [0.25, 0.3) is 0 Å². The van der Waals surface area contributed by atoms with Gasteiger partial charge in [0, 0.05) is 6.61 Å². The molecule has 23 heavy (non-hydrogen) atoms. The molecule has 10 heteroatoms. The van der Waals surface area contributed by atoms with E-state index in [1.54, 1.807) is 6.92 Å². The molecule has 0 aliphatic carbocycles. The maximum Gasteiger partial charge on any atom is 0.411 e. The minimum absolute atomic E-state index is 0.123. The number of hydrogen-bond donors (Lipinski definition) is 1. The van der Waals surface area contributed by atoms with Crippen molar-refractivity contribution in [3.8, 4) is 11.4 Å². The molecule has 0 spiro atoms. The number of nitrogens with zero attached hydrogens (tertiary/aromatic N) is 3. The summed E-state index contributed by atoms with van der Waals surface area (Å²) in [6.45, 7) is 2.16. The average Bonchev–Trinajstić information content (AvgIpc) is 3.08. The first-order valence-corrected chi connectivity index (χ1v) is 7.01. The Hall–Kier alpha value is -1.94. The van der Waals surface area contributed by atoms with E-state index < -0.39 is 18.8 Å². The Labute approximate surface area is 130 Å². The Balaban J connectivity index is 1.97. The van der Waals surface area contributed by atoms with Crippen LogP contribution in [-0.4, -0.2) is 34.7 Å². The molecule has 2 aromatic heterocycles. The summed E-state index contributed by atoms with van der Waals surface area (Å²) in [5, 5.41) is 7.72. The largest absolute Gasteiger partial charge is 0.411 e. The maximum absolute atomic E-state index is 12.0. The highest BCUT2D eigenvalue weighted by molar-refractivity contribution is 5.59. The van der Waals surface area contributed by atoms with Gasteiger partial charge in [-0.15, -0.1) is 0 Å². The minimum Gasteiger partial charge on any atom is -0.372 e. The normalized spacial score (nSPS) is 13.5. The van der Waals surface area contributed by atoms with E-state index in [9.17, 15) is 13.2 Å². The Morgan fingerprint density at radius 1 is 1.26 bits per heavy atom. The molecule has 0 saturated carbocycles. The summed E-state index contributed by atoms with van der Waals surface area (Å²) in [4.78, 5) is 4.17. The zero-order valence-electron chi connectivity index (χ0n) is 12.7. The van der Waals surface area contributed by atoms with Crippen molar-refractivity contribution in [3.63, 3.8) is 0 Å². The standard InChI is InChI=1S/C13H17F3N4O3/c1-3-9-10(7(2)22-19-9)11-18-12(23-20-11)8(17)4-5-21-6-13(14,15)16/h8H,3-6,17H2,1-2H3. The van der Waals surface area contributed by atoms with Gasteiger partial charge in [-0.25, -0.2) is 0 Å². The quantitative estimate of drug-likeness (QED) is 0.777. The average molecular weight is 334 g/mol. The van der Waals surface area contributed by atoms with Crippen LogP contribution in [-0.2, 0) is 11.2 Å². The van der Waals surface area contributed by atoms with Gasteiger partial charge in [0.2, 0.25) is 11.7 Å². The number of aromatic nitrogens is 3. The summed E-state index contributed by atoms with van der Waals surface area (Å²) in [5.74, 6) is 0.969. The van der Waals surface area contributed by atoms with E-state index in [1.807, 2.05) is 6.92 Å². The van der Waals surface area contributed by atoms with E-state index in [4.69, 9.17) is 14.8 Å². The third kappa shape index (κ3) is 4.52. The van der Waals surface area contributed by atoms with Crippen LogP contribution >= 0.6 is 0 Å². The van der Waals surface area contributed by atoms with E-state index in [0.717, 1.165) is 0 Å². The number of aryl methyl sites for hydroxylation is 2. The van der Waals surface area contributed by atoms with Crippen molar-refractivity contribution in [2.75, 3.05) is 13.2 Å². The lowest BCUT2D eigenvalue weighted by Gasteiger charge is -2.09. The van der Waals surface area contributed by atoms with Crippen molar-refractivity contribution < 1.29 is 27.0 Å². The molecule has 1 atom stereocenters. The van der Waals surface area contributed by atoms with E-state index >= 15 is 0 Å². The Morgan fingerprint density at radius 3 is 2.65 bits per heavy atom. The van der Waals surface area contributed by atoms with Gasteiger partial charge in [0.1, 0.15) is 12.4 Å². The summed E-state index contributed by atoms with van der Waals surface area (Å²) in [6.07, 6.45) is -3.60. The number of ether oxygens (including phenoxy) is 1. The second-order valence-electron chi connectivity index (χ2n) is 4.93. The van der Waals surface area contributed by atoms with Crippen LogP contribution in [0.15, 0.2) is 9.05 Å². The zero-order valence-corrected chi connectivity index (χ0v) is 12.7. The molecule has 2 rings (SSSR count). The van der Waals surface area contributed by atoms with Crippen molar-refractivity contribution in [1.82, 2.24) is 15.3 Å². The third-order valence-electron chi connectivity index (χ3n) is 3.09. The van der Waals surface area contributed by atoms with Gasteiger partial charge in [-0.2, -0.15) is 18.2 Å². The van der Waals surface area contributed by atoms with Crippen LogP contribution < -0.4 is 5.73 Å². The highest BCUT2D eigenvalue weighted by Crippen LogP contribution is 2.26. The van der Waals surface area contributed by atoms with Gasteiger partial charge < -0.3 is 19.5 Å².